The van der Waals surface area contributed by atoms with Crippen LogP contribution in [0.1, 0.15) is 30.1 Å². The van der Waals surface area contributed by atoms with E-state index in [1.54, 1.807) is 12.1 Å². The van der Waals surface area contributed by atoms with Gasteiger partial charge >= 0.3 is 0 Å². The number of carbonyl (C=O) groups excluding carboxylic acids is 1. The quantitative estimate of drug-likeness (QED) is 0.911. The first kappa shape index (κ1) is 15.0. The summed E-state index contributed by atoms with van der Waals surface area (Å²) in [5.41, 5.74) is 0.180. The zero-order valence-corrected chi connectivity index (χ0v) is 12.4. The van der Waals surface area contributed by atoms with Crippen molar-refractivity contribution in [1.82, 2.24) is 5.32 Å². The number of sulfone groups is 1. The highest BCUT2D eigenvalue weighted by Gasteiger charge is 2.25. The molecule has 0 unspecified atom stereocenters. The van der Waals surface area contributed by atoms with E-state index in [0.29, 0.717) is 6.61 Å². The van der Waals surface area contributed by atoms with Crippen LogP contribution in [-0.2, 0) is 14.6 Å². The van der Waals surface area contributed by atoms with Crippen molar-refractivity contribution in [3.05, 3.63) is 29.8 Å². The average Bonchev–Trinajstić information content (AvgIpc) is 2.91. The largest absolute Gasteiger partial charge is 0.376 e. The summed E-state index contributed by atoms with van der Waals surface area (Å²) >= 11 is 0. The summed E-state index contributed by atoms with van der Waals surface area (Å²) in [4.78, 5) is 12.3. The SMILES string of the molecule is C[C@H](NC(=O)c1ccccc1S(C)(=O)=O)[C@H]1CCCO1. The molecule has 2 rings (SSSR count). The molecule has 1 saturated heterocycles. The summed E-state index contributed by atoms with van der Waals surface area (Å²) in [7, 11) is -3.43. The molecule has 0 aromatic heterocycles. The summed E-state index contributed by atoms with van der Waals surface area (Å²) < 4.78 is 28.9. The molecule has 1 aliphatic heterocycles. The van der Waals surface area contributed by atoms with Gasteiger partial charge in [0, 0.05) is 12.9 Å². The van der Waals surface area contributed by atoms with Crippen LogP contribution >= 0.6 is 0 Å². The van der Waals surface area contributed by atoms with Crippen molar-refractivity contribution in [2.24, 2.45) is 0 Å². The van der Waals surface area contributed by atoms with Gasteiger partial charge in [0.25, 0.3) is 5.91 Å². The number of nitrogens with one attached hydrogen (secondary N) is 1. The van der Waals surface area contributed by atoms with E-state index in [1.807, 2.05) is 6.92 Å². The van der Waals surface area contributed by atoms with E-state index in [1.165, 1.54) is 12.1 Å². The normalized spacial score (nSPS) is 20.6. The van der Waals surface area contributed by atoms with Crippen molar-refractivity contribution in [2.45, 2.75) is 36.8 Å². The van der Waals surface area contributed by atoms with E-state index < -0.39 is 9.84 Å². The maximum absolute atomic E-state index is 12.2. The second-order valence-electron chi connectivity index (χ2n) is 5.08. The van der Waals surface area contributed by atoms with Crippen LogP contribution in [0.25, 0.3) is 0 Å². The smallest absolute Gasteiger partial charge is 0.252 e. The predicted molar refractivity (Wildman–Crippen MR) is 75.5 cm³/mol. The van der Waals surface area contributed by atoms with Crippen LogP contribution in [0.15, 0.2) is 29.2 Å². The fourth-order valence-electron chi connectivity index (χ4n) is 2.35. The minimum atomic E-state index is -3.43. The molecule has 1 heterocycles. The van der Waals surface area contributed by atoms with Crippen LogP contribution < -0.4 is 5.32 Å². The molecular formula is C14H19NO4S. The Bertz CT molecular complexity index is 591. The Morgan fingerprint density at radius 1 is 1.40 bits per heavy atom. The second-order valence-corrected chi connectivity index (χ2v) is 7.07. The molecule has 2 atom stereocenters. The van der Waals surface area contributed by atoms with E-state index in [9.17, 15) is 13.2 Å². The molecule has 0 spiro atoms. The lowest BCUT2D eigenvalue weighted by molar-refractivity contribution is 0.0710. The molecule has 1 aromatic rings. The summed E-state index contributed by atoms with van der Waals surface area (Å²) in [5.74, 6) is -0.381. The van der Waals surface area contributed by atoms with Gasteiger partial charge in [0.1, 0.15) is 0 Å². The molecule has 1 fully saturated rings. The lowest BCUT2D eigenvalue weighted by atomic mass is 10.1. The summed E-state index contributed by atoms with van der Waals surface area (Å²) in [6.07, 6.45) is 3.01. The molecule has 0 radical (unpaired) electrons. The third-order valence-electron chi connectivity index (χ3n) is 3.41. The van der Waals surface area contributed by atoms with Crippen molar-refractivity contribution in [1.29, 1.82) is 0 Å². The van der Waals surface area contributed by atoms with Crippen LogP contribution in [0.4, 0.5) is 0 Å². The fourth-order valence-corrected chi connectivity index (χ4v) is 3.24. The van der Waals surface area contributed by atoms with Crippen LogP contribution in [0.3, 0.4) is 0 Å². The molecular weight excluding hydrogens is 278 g/mol. The van der Waals surface area contributed by atoms with Gasteiger partial charge in [-0.05, 0) is 31.9 Å². The highest BCUT2D eigenvalue weighted by atomic mass is 32.2. The zero-order valence-electron chi connectivity index (χ0n) is 11.6. The van der Waals surface area contributed by atoms with Gasteiger partial charge in [-0.15, -0.1) is 0 Å². The molecule has 1 aliphatic rings. The third kappa shape index (κ3) is 3.37. The minimum Gasteiger partial charge on any atom is -0.376 e. The van der Waals surface area contributed by atoms with Crippen molar-refractivity contribution in [3.8, 4) is 0 Å². The Morgan fingerprint density at radius 3 is 2.70 bits per heavy atom. The molecule has 1 amide bonds. The molecule has 0 bridgehead atoms. The number of carbonyl (C=O) groups is 1. The highest BCUT2D eigenvalue weighted by molar-refractivity contribution is 7.90. The van der Waals surface area contributed by atoms with Gasteiger partial charge in [-0.2, -0.15) is 0 Å². The average molecular weight is 297 g/mol. The lowest BCUT2D eigenvalue weighted by Crippen LogP contribution is -2.41. The topological polar surface area (TPSA) is 72.5 Å². The second kappa shape index (κ2) is 5.93. The van der Waals surface area contributed by atoms with Crippen molar-refractivity contribution in [2.75, 3.05) is 12.9 Å². The number of benzene rings is 1. The molecule has 20 heavy (non-hydrogen) atoms. The Labute approximate surface area is 119 Å². The Kier molecular flexibility index (Phi) is 4.45. The Hall–Kier alpha value is -1.40. The summed E-state index contributed by atoms with van der Waals surface area (Å²) in [6, 6.07) is 6.09. The van der Waals surface area contributed by atoms with Crippen LogP contribution in [0.2, 0.25) is 0 Å². The first-order valence-electron chi connectivity index (χ1n) is 6.61. The molecule has 110 valence electrons. The number of rotatable bonds is 4. The summed E-state index contributed by atoms with van der Waals surface area (Å²) in [6.45, 7) is 2.59. The molecule has 0 aliphatic carbocycles. The first-order chi connectivity index (χ1) is 9.39. The molecule has 6 heteroatoms. The maximum Gasteiger partial charge on any atom is 0.252 e. The van der Waals surface area contributed by atoms with E-state index in [0.717, 1.165) is 19.1 Å². The standard InChI is InChI=1S/C14H19NO4S/c1-10(12-7-5-9-19-12)15-14(16)11-6-3-4-8-13(11)20(2,17)18/h3-4,6,8,10,12H,5,7,9H2,1-2H3,(H,15,16)/t10-,12+/m0/s1. The van der Waals surface area contributed by atoms with Gasteiger partial charge in [0.05, 0.1) is 22.6 Å². The van der Waals surface area contributed by atoms with E-state index in [-0.39, 0.29) is 28.5 Å². The van der Waals surface area contributed by atoms with Crippen LogP contribution in [-0.4, -0.2) is 39.3 Å². The number of ether oxygens (including phenoxy) is 1. The van der Waals surface area contributed by atoms with E-state index in [4.69, 9.17) is 4.74 Å². The van der Waals surface area contributed by atoms with E-state index in [2.05, 4.69) is 5.32 Å². The third-order valence-corrected chi connectivity index (χ3v) is 4.57. The molecule has 0 saturated carbocycles. The number of hydrogen-bond donors (Lipinski definition) is 1. The van der Waals surface area contributed by atoms with Gasteiger partial charge in [-0.1, -0.05) is 12.1 Å². The molecule has 5 nitrogen and oxygen atoms in total. The number of amides is 1. The number of hydrogen-bond acceptors (Lipinski definition) is 4. The Balaban J connectivity index is 2.17. The van der Waals surface area contributed by atoms with Gasteiger partial charge in [0.15, 0.2) is 9.84 Å². The predicted octanol–water partition coefficient (Wildman–Crippen LogP) is 1.39. The monoisotopic (exact) mass is 297 g/mol. The van der Waals surface area contributed by atoms with Crippen molar-refractivity contribution in [3.63, 3.8) is 0 Å². The van der Waals surface area contributed by atoms with Gasteiger partial charge in [-0.25, -0.2) is 8.42 Å². The van der Waals surface area contributed by atoms with Crippen molar-refractivity contribution >= 4 is 15.7 Å². The van der Waals surface area contributed by atoms with Crippen LogP contribution in [0.5, 0.6) is 0 Å². The van der Waals surface area contributed by atoms with Gasteiger partial charge in [0.2, 0.25) is 0 Å². The van der Waals surface area contributed by atoms with Crippen LogP contribution in [0, 0.1) is 0 Å². The van der Waals surface area contributed by atoms with Gasteiger partial charge in [-0.3, -0.25) is 4.79 Å². The molecule has 1 aromatic carbocycles. The molecule has 1 N–H and O–H groups in total. The fraction of sp³-hybridized carbons (Fsp3) is 0.500. The van der Waals surface area contributed by atoms with Crippen molar-refractivity contribution < 1.29 is 17.9 Å². The zero-order chi connectivity index (χ0) is 14.8. The lowest BCUT2D eigenvalue weighted by Gasteiger charge is -2.20. The summed E-state index contributed by atoms with van der Waals surface area (Å²) in [5, 5.41) is 2.82. The van der Waals surface area contributed by atoms with Gasteiger partial charge < -0.3 is 10.1 Å². The first-order valence-corrected chi connectivity index (χ1v) is 8.50. The maximum atomic E-state index is 12.2. The highest BCUT2D eigenvalue weighted by Crippen LogP contribution is 2.18. The Morgan fingerprint density at radius 2 is 2.10 bits per heavy atom. The minimum absolute atomic E-state index is 0.00402. The van der Waals surface area contributed by atoms with E-state index >= 15 is 0 Å².